The molecule has 1 aromatic carbocycles. The van der Waals surface area contributed by atoms with Gasteiger partial charge in [-0.2, -0.15) is 0 Å². The standard InChI is InChI=1S/C13H20N2O3S/c1-11(2)14-13(16)9-10-15(19(3,17)18)12-7-5-4-6-8-12/h4-8,11H,9-10H2,1-3H3,(H,14,16). The van der Waals surface area contributed by atoms with Crippen molar-refractivity contribution in [2.45, 2.75) is 26.3 Å². The highest BCUT2D eigenvalue weighted by Gasteiger charge is 2.18. The Morgan fingerprint density at radius 3 is 2.32 bits per heavy atom. The first-order chi connectivity index (χ1) is 8.80. The fourth-order valence-electron chi connectivity index (χ4n) is 1.68. The van der Waals surface area contributed by atoms with Gasteiger partial charge in [0.15, 0.2) is 0 Å². The fraction of sp³-hybridized carbons (Fsp3) is 0.462. The van der Waals surface area contributed by atoms with E-state index in [4.69, 9.17) is 0 Å². The Labute approximate surface area is 114 Å². The van der Waals surface area contributed by atoms with E-state index in [2.05, 4.69) is 5.32 Å². The first kappa shape index (κ1) is 15.5. The third-order valence-electron chi connectivity index (χ3n) is 2.44. The minimum Gasteiger partial charge on any atom is -0.354 e. The Kier molecular flexibility index (Phi) is 5.35. The average Bonchev–Trinajstić information content (AvgIpc) is 2.27. The maximum atomic E-state index is 11.8. The fourth-order valence-corrected chi connectivity index (χ4v) is 2.61. The number of anilines is 1. The van der Waals surface area contributed by atoms with E-state index in [0.717, 1.165) is 6.26 Å². The zero-order valence-corrected chi connectivity index (χ0v) is 12.3. The quantitative estimate of drug-likeness (QED) is 0.858. The van der Waals surface area contributed by atoms with Crippen molar-refractivity contribution in [3.63, 3.8) is 0 Å². The highest BCUT2D eigenvalue weighted by molar-refractivity contribution is 7.92. The number of carbonyl (C=O) groups is 1. The number of rotatable bonds is 6. The van der Waals surface area contributed by atoms with Crippen LogP contribution in [0.15, 0.2) is 30.3 Å². The number of sulfonamides is 1. The monoisotopic (exact) mass is 284 g/mol. The summed E-state index contributed by atoms with van der Waals surface area (Å²) in [6.07, 6.45) is 1.28. The third kappa shape index (κ3) is 5.30. The normalized spacial score (nSPS) is 11.4. The van der Waals surface area contributed by atoms with Crippen molar-refractivity contribution >= 4 is 21.6 Å². The Morgan fingerprint density at radius 2 is 1.84 bits per heavy atom. The molecule has 0 atom stereocenters. The van der Waals surface area contributed by atoms with Crippen molar-refractivity contribution < 1.29 is 13.2 Å². The van der Waals surface area contributed by atoms with Gasteiger partial charge in [0.2, 0.25) is 15.9 Å². The van der Waals surface area contributed by atoms with Crippen LogP contribution in [-0.2, 0) is 14.8 Å². The first-order valence-electron chi connectivity index (χ1n) is 6.13. The summed E-state index contributed by atoms with van der Waals surface area (Å²) >= 11 is 0. The Balaban J connectivity index is 2.76. The molecule has 0 aliphatic heterocycles. The van der Waals surface area contributed by atoms with Gasteiger partial charge in [-0.3, -0.25) is 9.10 Å². The number of amides is 1. The Bertz CT molecular complexity index is 512. The van der Waals surface area contributed by atoms with Gasteiger partial charge < -0.3 is 5.32 Å². The SMILES string of the molecule is CC(C)NC(=O)CCN(c1ccccc1)S(C)(=O)=O. The van der Waals surface area contributed by atoms with Crippen LogP contribution in [0.3, 0.4) is 0 Å². The predicted molar refractivity (Wildman–Crippen MR) is 76.5 cm³/mol. The van der Waals surface area contributed by atoms with Gasteiger partial charge in [0.25, 0.3) is 0 Å². The topological polar surface area (TPSA) is 66.5 Å². The van der Waals surface area contributed by atoms with Gasteiger partial charge in [-0.25, -0.2) is 8.42 Å². The lowest BCUT2D eigenvalue weighted by Crippen LogP contribution is -2.36. The summed E-state index contributed by atoms with van der Waals surface area (Å²) in [5, 5.41) is 2.74. The van der Waals surface area contributed by atoms with E-state index in [1.807, 2.05) is 19.9 Å². The number of nitrogens with one attached hydrogen (secondary N) is 1. The summed E-state index contributed by atoms with van der Waals surface area (Å²) in [4.78, 5) is 11.6. The predicted octanol–water partition coefficient (Wildman–Crippen LogP) is 1.37. The van der Waals surface area contributed by atoms with E-state index in [0.29, 0.717) is 5.69 Å². The van der Waals surface area contributed by atoms with Gasteiger partial charge in [0.05, 0.1) is 11.9 Å². The van der Waals surface area contributed by atoms with E-state index >= 15 is 0 Å². The van der Waals surface area contributed by atoms with E-state index in [9.17, 15) is 13.2 Å². The lowest BCUT2D eigenvalue weighted by Gasteiger charge is -2.22. The number of hydrogen-bond donors (Lipinski definition) is 1. The molecule has 0 heterocycles. The number of carbonyl (C=O) groups excluding carboxylic acids is 1. The smallest absolute Gasteiger partial charge is 0.232 e. The van der Waals surface area contributed by atoms with E-state index < -0.39 is 10.0 Å². The van der Waals surface area contributed by atoms with Crippen LogP contribution in [0.4, 0.5) is 5.69 Å². The van der Waals surface area contributed by atoms with Crippen LogP contribution in [0.5, 0.6) is 0 Å². The molecule has 0 spiro atoms. The zero-order chi connectivity index (χ0) is 14.5. The second-order valence-electron chi connectivity index (χ2n) is 4.64. The second-order valence-corrected chi connectivity index (χ2v) is 6.55. The molecule has 1 rings (SSSR count). The molecular formula is C13H20N2O3S. The van der Waals surface area contributed by atoms with Gasteiger partial charge in [-0.05, 0) is 26.0 Å². The van der Waals surface area contributed by atoms with Crippen molar-refractivity contribution in [2.24, 2.45) is 0 Å². The first-order valence-corrected chi connectivity index (χ1v) is 7.97. The molecule has 6 heteroatoms. The molecule has 0 aromatic heterocycles. The van der Waals surface area contributed by atoms with Crippen molar-refractivity contribution in [3.05, 3.63) is 30.3 Å². The Hall–Kier alpha value is -1.56. The van der Waals surface area contributed by atoms with Crippen LogP contribution < -0.4 is 9.62 Å². The number of hydrogen-bond acceptors (Lipinski definition) is 3. The Morgan fingerprint density at radius 1 is 1.26 bits per heavy atom. The summed E-state index contributed by atoms with van der Waals surface area (Å²) in [5.41, 5.74) is 0.572. The van der Waals surface area contributed by atoms with Gasteiger partial charge in [-0.15, -0.1) is 0 Å². The van der Waals surface area contributed by atoms with Crippen LogP contribution in [0.1, 0.15) is 20.3 Å². The van der Waals surface area contributed by atoms with Crippen LogP contribution in [-0.4, -0.2) is 33.2 Å². The molecule has 0 radical (unpaired) electrons. The van der Waals surface area contributed by atoms with Crippen LogP contribution in [0, 0.1) is 0 Å². The summed E-state index contributed by atoms with van der Waals surface area (Å²) in [6, 6.07) is 8.82. The number of benzene rings is 1. The number of para-hydroxylation sites is 1. The van der Waals surface area contributed by atoms with Crippen molar-refractivity contribution in [1.82, 2.24) is 5.32 Å². The van der Waals surface area contributed by atoms with E-state index in [1.54, 1.807) is 24.3 Å². The highest BCUT2D eigenvalue weighted by atomic mass is 32.2. The van der Waals surface area contributed by atoms with E-state index in [-0.39, 0.29) is 24.9 Å². The summed E-state index contributed by atoms with van der Waals surface area (Å²) in [5.74, 6) is -0.153. The molecule has 106 valence electrons. The zero-order valence-electron chi connectivity index (χ0n) is 11.5. The molecule has 1 amide bonds. The minimum atomic E-state index is -3.39. The molecule has 0 bridgehead atoms. The van der Waals surface area contributed by atoms with Crippen molar-refractivity contribution in [3.8, 4) is 0 Å². The van der Waals surface area contributed by atoms with Crippen molar-refractivity contribution in [2.75, 3.05) is 17.1 Å². The van der Waals surface area contributed by atoms with Crippen LogP contribution >= 0.6 is 0 Å². The molecule has 0 fully saturated rings. The molecule has 0 unspecified atom stereocenters. The third-order valence-corrected chi connectivity index (χ3v) is 3.63. The average molecular weight is 284 g/mol. The molecule has 0 saturated heterocycles. The van der Waals surface area contributed by atoms with Gasteiger partial charge >= 0.3 is 0 Å². The molecule has 5 nitrogen and oxygen atoms in total. The summed E-state index contributed by atoms with van der Waals surface area (Å²) in [7, 11) is -3.39. The molecule has 0 aliphatic rings. The molecule has 0 aliphatic carbocycles. The molecule has 1 aromatic rings. The molecule has 1 N–H and O–H groups in total. The van der Waals surface area contributed by atoms with E-state index in [1.165, 1.54) is 4.31 Å². The minimum absolute atomic E-state index is 0.0518. The molecule has 19 heavy (non-hydrogen) atoms. The van der Waals surface area contributed by atoms with Crippen molar-refractivity contribution in [1.29, 1.82) is 0 Å². The summed E-state index contributed by atoms with van der Waals surface area (Å²) < 4.78 is 24.8. The largest absolute Gasteiger partial charge is 0.354 e. The summed E-state index contributed by atoms with van der Waals surface area (Å²) in [6.45, 7) is 3.87. The van der Waals surface area contributed by atoms with Gasteiger partial charge in [-0.1, -0.05) is 18.2 Å². The van der Waals surface area contributed by atoms with Gasteiger partial charge in [0.1, 0.15) is 0 Å². The maximum absolute atomic E-state index is 11.8. The lowest BCUT2D eigenvalue weighted by atomic mass is 10.3. The lowest BCUT2D eigenvalue weighted by molar-refractivity contribution is -0.121. The van der Waals surface area contributed by atoms with Crippen LogP contribution in [0.25, 0.3) is 0 Å². The number of nitrogens with zero attached hydrogens (tertiary/aromatic N) is 1. The maximum Gasteiger partial charge on any atom is 0.232 e. The highest BCUT2D eigenvalue weighted by Crippen LogP contribution is 2.16. The van der Waals surface area contributed by atoms with Gasteiger partial charge in [0, 0.05) is 19.0 Å². The second kappa shape index (κ2) is 6.56. The molecule has 0 saturated carbocycles. The molecular weight excluding hydrogens is 264 g/mol. The van der Waals surface area contributed by atoms with Crippen LogP contribution in [0.2, 0.25) is 0 Å².